The lowest BCUT2D eigenvalue weighted by Crippen LogP contribution is -2.32. The smallest absolute Gasteiger partial charge is 0.120 e. The minimum absolute atomic E-state index is 0.0436. The number of aromatic hydroxyl groups is 2. The quantitative estimate of drug-likeness (QED) is 0.118. The van der Waals surface area contributed by atoms with E-state index in [2.05, 4.69) is 204 Å². The van der Waals surface area contributed by atoms with Crippen LogP contribution in [0, 0.1) is 0 Å². The van der Waals surface area contributed by atoms with E-state index in [1.165, 1.54) is 61.5 Å². The van der Waals surface area contributed by atoms with Crippen LogP contribution in [-0.2, 0) is 5.41 Å². The summed E-state index contributed by atoms with van der Waals surface area (Å²) < 4.78 is 0. The van der Waals surface area contributed by atoms with Gasteiger partial charge in [-0.15, -0.1) is 0 Å². The van der Waals surface area contributed by atoms with Gasteiger partial charge in [0.25, 0.3) is 0 Å². The van der Waals surface area contributed by atoms with Crippen LogP contribution in [0.5, 0.6) is 11.5 Å². The van der Waals surface area contributed by atoms with Gasteiger partial charge in [-0.25, -0.2) is 0 Å². The first-order valence-electron chi connectivity index (χ1n) is 22.9. The van der Waals surface area contributed by atoms with Crippen molar-refractivity contribution < 1.29 is 10.2 Å². The topological polar surface area (TPSA) is 46.9 Å². The molecule has 1 heterocycles. The van der Waals surface area contributed by atoms with E-state index in [9.17, 15) is 10.2 Å². The van der Waals surface area contributed by atoms with Crippen LogP contribution < -0.4 is 26.2 Å². The molecule has 2 N–H and O–H groups in total. The number of phenolic OH excluding ortho intramolecular Hbond substituents is 2. The van der Waals surface area contributed by atoms with Gasteiger partial charge in [-0.2, -0.15) is 0 Å². The largest absolute Gasteiger partial charge is 0.509 e. The van der Waals surface area contributed by atoms with Crippen molar-refractivity contribution in [3.63, 3.8) is 0 Å². The predicted molar refractivity (Wildman–Crippen MR) is 283 cm³/mol. The number of para-hydroxylation sites is 2. The van der Waals surface area contributed by atoms with Gasteiger partial charge < -0.3 is 20.0 Å². The molecule has 1 atom stereocenters. The Morgan fingerprint density at radius 2 is 1.01 bits per heavy atom. The van der Waals surface area contributed by atoms with Gasteiger partial charge in [0.1, 0.15) is 35.0 Å². The van der Waals surface area contributed by atoms with Crippen LogP contribution in [0.1, 0.15) is 39.8 Å². The summed E-state index contributed by atoms with van der Waals surface area (Å²) in [5, 5.41) is 21.9. The lowest BCUT2D eigenvalue weighted by atomic mass is 9.67. The molecule has 0 fully saturated rings. The third-order valence-corrected chi connectivity index (χ3v) is 14.2. The van der Waals surface area contributed by atoms with Crippen LogP contribution in [0.25, 0.3) is 33.4 Å². The van der Waals surface area contributed by atoms with Crippen molar-refractivity contribution >= 4 is 79.5 Å². The summed E-state index contributed by atoms with van der Waals surface area (Å²) in [5.41, 5.74) is 17.2. The number of anilines is 5. The highest BCUT2D eigenvalue weighted by atomic mass is 16.3. The fraction of sp³-hybridized carbons (Fsp3) is 0.0492. The summed E-state index contributed by atoms with van der Waals surface area (Å²) in [7, 11) is 18.5. The van der Waals surface area contributed by atoms with Crippen LogP contribution in [0.3, 0.4) is 0 Å². The van der Waals surface area contributed by atoms with Crippen LogP contribution >= 0.6 is 0 Å². The minimum atomic E-state index is -0.594. The Morgan fingerprint density at radius 1 is 0.485 bits per heavy atom. The Labute approximate surface area is 401 Å². The lowest BCUT2D eigenvalue weighted by Gasteiger charge is -2.35. The molecule has 0 bridgehead atoms. The fourth-order valence-electron chi connectivity index (χ4n) is 11.1. The van der Waals surface area contributed by atoms with E-state index in [4.69, 9.17) is 23.5 Å². The average Bonchev–Trinajstić information content (AvgIpc) is 3.89. The molecule has 6 radical (unpaired) electrons. The highest BCUT2D eigenvalue weighted by Gasteiger charge is 2.46. The van der Waals surface area contributed by atoms with Gasteiger partial charge in [-0.1, -0.05) is 169 Å². The summed E-state index contributed by atoms with van der Waals surface area (Å²) in [5.74, 6) is -0.632. The molecule has 1 unspecified atom stereocenters. The average molecular weight is 866 g/mol. The Kier molecular flexibility index (Phi) is 9.91. The molecular weight excluding hydrogens is 825 g/mol. The second-order valence-corrected chi connectivity index (χ2v) is 17.7. The van der Waals surface area contributed by atoms with Crippen LogP contribution in [-0.4, -0.2) is 39.8 Å². The van der Waals surface area contributed by atoms with Gasteiger partial charge in [0.15, 0.2) is 0 Å². The first-order chi connectivity index (χ1) is 33.3. The zero-order valence-corrected chi connectivity index (χ0v) is 37.1. The van der Waals surface area contributed by atoms with E-state index in [0.717, 1.165) is 29.0 Å². The van der Waals surface area contributed by atoms with Gasteiger partial charge in [0.2, 0.25) is 0 Å². The van der Waals surface area contributed by atoms with Crippen LogP contribution in [0.2, 0.25) is 0 Å². The maximum Gasteiger partial charge on any atom is 0.120 e. The molecule has 68 heavy (non-hydrogen) atoms. The number of hydrogen-bond acceptors (Lipinski definition) is 4. The molecule has 0 aromatic heterocycles. The molecule has 9 aromatic carbocycles. The first-order valence-corrected chi connectivity index (χ1v) is 22.9. The Balaban J connectivity index is 0.995. The summed E-state index contributed by atoms with van der Waals surface area (Å²) in [4.78, 5) is 4.74. The molecule has 316 valence electrons. The number of rotatable bonds is 8. The highest BCUT2D eigenvalue weighted by Crippen LogP contribution is 2.57. The van der Waals surface area contributed by atoms with E-state index < -0.39 is 5.41 Å². The summed E-state index contributed by atoms with van der Waals surface area (Å²) in [6.45, 7) is 0. The molecule has 0 saturated heterocycles. The number of fused-ring (bicyclic) bond motifs is 6. The van der Waals surface area contributed by atoms with Gasteiger partial charge in [-0.3, -0.25) is 0 Å². The molecule has 0 saturated carbocycles. The minimum Gasteiger partial charge on any atom is -0.509 e. The summed E-state index contributed by atoms with van der Waals surface area (Å²) in [6.07, 6.45) is 5.62. The van der Waals surface area contributed by atoms with Crippen molar-refractivity contribution in [2.45, 2.75) is 17.9 Å². The summed E-state index contributed by atoms with van der Waals surface area (Å²) >= 11 is 0. The number of nitrogens with zero attached hydrogens (tertiary/aromatic N) is 2. The number of hydrogen-bond donors (Lipinski definition) is 2. The van der Waals surface area contributed by atoms with E-state index in [-0.39, 0.29) is 39.5 Å². The molecule has 3 aliphatic rings. The van der Waals surface area contributed by atoms with Gasteiger partial charge in [-0.05, 0) is 128 Å². The molecule has 7 heteroatoms. The molecule has 2 aliphatic carbocycles. The number of benzene rings is 9. The molecular formula is C61H41B3N2O2. The van der Waals surface area contributed by atoms with Crippen LogP contribution in [0.15, 0.2) is 218 Å². The molecule has 9 aromatic rings. The number of phenols is 2. The van der Waals surface area contributed by atoms with Crippen molar-refractivity contribution in [1.29, 1.82) is 0 Å². The Bertz CT molecular complexity index is 3410. The lowest BCUT2D eigenvalue weighted by molar-refractivity contribution is 0.472. The van der Waals surface area contributed by atoms with Gasteiger partial charge >= 0.3 is 0 Å². The Hall–Kier alpha value is -8.15. The van der Waals surface area contributed by atoms with E-state index >= 15 is 0 Å². The van der Waals surface area contributed by atoms with Crippen molar-refractivity contribution in [3.05, 3.63) is 252 Å². The zero-order chi connectivity index (χ0) is 46.1. The standard InChI is InChI=1S/C61H41B3N2O2/c62-56-55(59(67)57(63)58(64)60(56)68)39-26-31-45(32-27-39)65(44-29-24-38(25-30-44)40-28-35-54-50(36-40)49-21-11-13-23-53(49)66(54)43-18-8-3-9-19-43)46-33-34-48-47-20-10-12-22-51(47)61(52(48)37-46,41-14-4-1-5-15-41)42-16-6-2-7-17-42/h1-34,36-37,54,67-68H,35H2. The van der Waals surface area contributed by atoms with Crippen molar-refractivity contribution in [1.82, 2.24) is 0 Å². The normalized spacial score (nSPS) is 15.1. The molecule has 4 nitrogen and oxygen atoms in total. The molecule has 0 amide bonds. The summed E-state index contributed by atoms with van der Waals surface area (Å²) in [6, 6.07) is 73.4. The third-order valence-electron chi connectivity index (χ3n) is 14.2. The monoisotopic (exact) mass is 866 g/mol. The van der Waals surface area contributed by atoms with Gasteiger partial charge in [0, 0.05) is 39.6 Å². The maximum atomic E-state index is 11.2. The van der Waals surface area contributed by atoms with Crippen LogP contribution in [0.4, 0.5) is 28.4 Å². The Morgan fingerprint density at radius 3 is 1.68 bits per heavy atom. The first kappa shape index (κ1) is 41.3. The number of allylic oxidation sites excluding steroid dienone is 2. The third kappa shape index (κ3) is 6.33. The van der Waals surface area contributed by atoms with E-state index in [1.54, 1.807) is 0 Å². The highest BCUT2D eigenvalue weighted by molar-refractivity contribution is 6.54. The van der Waals surface area contributed by atoms with E-state index in [1.807, 2.05) is 24.3 Å². The van der Waals surface area contributed by atoms with Crippen molar-refractivity contribution in [2.75, 3.05) is 9.80 Å². The zero-order valence-electron chi connectivity index (χ0n) is 37.1. The molecule has 1 aliphatic heterocycles. The SMILES string of the molecule is [B]c1c([B])c(O)c(-c2ccc(N(c3ccc(C4=CCC5C(=C4)c4ccccc4N5c4ccccc4)cc3)c3ccc4c(c3)C(c3ccccc3)(c3ccccc3)c3ccccc3-4)cc2)c([B])c1O. The van der Waals surface area contributed by atoms with Crippen molar-refractivity contribution in [2.24, 2.45) is 0 Å². The molecule has 12 rings (SSSR count). The maximum absolute atomic E-state index is 11.2. The fourth-order valence-corrected chi connectivity index (χ4v) is 11.1. The second kappa shape index (κ2) is 16.3. The van der Waals surface area contributed by atoms with E-state index in [0.29, 0.717) is 5.56 Å². The van der Waals surface area contributed by atoms with Gasteiger partial charge in [0.05, 0.1) is 11.5 Å². The predicted octanol–water partition coefficient (Wildman–Crippen LogP) is 11.4. The molecule has 0 spiro atoms. The van der Waals surface area contributed by atoms with Crippen molar-refractivity contribution in [3.8, 4) is 33.8 Å². The second-order valence-electron chi connectivity index (χ2n) is 17.7.